The number of hydrogen-bond donors (Lipinski definition) is 3. The van der Waals surface area contributed by atoms with Gasteiger partial charge in [-0.05, 0) is 76.9 Å². The molecule has 53 heavy (non-hydrogen) atoms. The molecule has 6 rings (SSSR count). The van der Waals surface area contributed by atoms with Gasteiger partial charge in [-0.15, -0.1) is 0 Å². The fourth-order valence-electron chi connectivity index (χ4n) is 6.08. The van der Waals surface area contributed by atoms with E-state index in [4.69, 9.17) is 0 Å². The number of benzene rings is 5. The molecule has 0 saturated carbocycles. The lowest BCUT2D eigenvalue weighted by Gasteiger charge is -2.25. The number of nitrogens with zero attached hydrogens (tertiary/aromatic N) is 2. The molecule has 268 valence electrons. The molecule has 3 N–H and O–H groups in total. The van der Waals surface area contributed by atoms with Crippen molar-refractivity contribution in [1.29, 1.82) is 0 Å². The largest absolute Gasteiger partial charge is 0.478 e. The number of carbonyl (C=O) groups excluding carboxylic acids is 3. The number of likely N-dealkylation sites (N-methyl/N-ethyl adjacent to an activating group) is 1. The van der Waals surface area contributed by atoms with Crippen LogP contribution < -0.4 is 10.6 Å². The van der Waals surface area contributed by atoms with E-state index in [1.54, 1.807) is 110 Å². The number of aryl methyl sites for hydroxylation is 1. The summed E-state index contributed by atoms with van der Waals surface area (Å²) in [5.41, 5.74) is 3.17. The summed E-state index contributed by atoms with van der Waals surface area (Å²) in [6, 6.07) is 31.9. The van der Waals surface area contributed by atoms with E-state index in [-0.39, 0.29) is 29.3 Å². The quantitative estimate of drug-likeness (QED) is 0.133. The summed E-state index contributed by atoms with van der Waals surface area (Å²) in [6.07, 6.45) is -4.48. The zero-order valence-corrected chi connectivity index (χ0v) is 28.5. The molecule has 3 amide bonds. The van der Waals surface area contributed by atoms with Crippen molar-refractivity contribution in [2.75, 3.05) is 12.4 Å². The molecule has 0 bridgehead atoms. The molecule has 1 heterocycles. The van der Waals surface area contributed by atoms with Crippen molar-refractivity contribution in [3.63, 3.8) is 0 Å². The first-order valence-corrected chi connectivity index (χ1v) is 16.4. The van der Waals surface area contributed by atoms with Crippen molar-refractivity contribution in [3.05, 3.63) is 161 Å². The number of carbonyl (C=O) groups is 4. The number of carboxylic acids is 1. The first-order valence-electron chi connectivity index (χ1n) is 16.4. The minimum absolute atomic E-state index is 0.128. The van der Waals surface area contributed by atoms with Crippen molar-refractivity contribution < 1.29 is 37.5 Å². The third-order valence-electron chi connectivity index (χ3n) is 8.88. The second-order valence-electron chi connectivity index (χ2n) is 12.5. The SMILES string of the molecule is CN(Cc1ccc(C(=O)O)cc1)C(=O)C(NC(=O)c1cc2cc(NC(=O)c3ccccc3-c3ccc(C(F)(F)F)cc3)ccc2n1C)c1ccccc1. The van der Waals surface area contributed by atoms with Gasteiger partial charge < -0.3 is 25.2 Å². The molecule has 9 nitrogen and oxygen atoms in total. The highest BCUT2D eigenvalue weighted by Crippen LogP contribution is 2.32. The number of anilines is 1. The fourth-order valence-corrected chi connectivity index (χ4v) is 6.08. The van der Waals surface area contributed by atoms with Crippen LogP contribution in [-0.4, -0.2) is 45.3 Å². The van der Waals surface area contributed by atoms with Crippen LogP contribution in [0.1, 0.15) is 53.9 Å². The lowest BCUT2D eigenvalue weighted by molar-refractivity contribution is -0.137. The van der Waals surface area contributed by atoms with E-state index >= 15 is 0 Å². The van der Waals surface area contributed by atoms with Crippen LogP contribution in [0.5, 0.6) is 0 Å². The highest BCUT2D eigenvalue weighted by atomic mass is 19.4. The Morgan fingerprint density at radius 3 is 2.11 bits per heavy atom. The molecule has 12 heteroatoms. The maximum Gasteiger partial charge on any atom is 0.416 e. The van der Waals surface area contributed by atoms with Gasteiger partial charge in [-0.3, -0.25) is 14.4 Å². The number of nitrogens with one attached hydrogen (secondary N) is 2. The maximum absolute atomic E-state index is 13.8. The number of hydrogen-bond acceptors (Lipinski definition) is 4. The fraction of sp³-hybridized carbons (Fsp3) is 0.122. The van der Waals surface area contributed by atoms with Crippen molar-refractivity contribution in [2.45, 2.75) is 18.8 Å². The minimum atomic E-state index is -4.48. The Morgan fingerprint density at radius 2 is 1.45 bits per heavy atom. The predicted molar refractivity (Wildman–Crippen MR) is 194 cm³/mol. The molecule has 1 atom stereocenters. The molecule has 0 radical (unpaired) electrons. The van der Waals surface area contributed by atoms with Gasteiger partial charge in [-0.1, -0.05) is 72.8 Å². The van der Waals surface area contributed by atoms with E-state index in [0.29, 0.717) is 38.8 Å². The van der Waals surface area contributed by atoms with Gasteiger partial charge in [0, 0.05) is 42.8 Å². The first-order chi connectivity index (χ1) is 25.3. The summed E-state index contributed by atoms with van der Waals surface area (Å²) in [7, 11) is 3.31. The number of carboxylic acid groups (broad SMARTS) is 1. The number of aromatic carboxylic acids is 1. The van der Waals surface area contributed by atoms with E-state index in [0.717, 1.165) is 12.1 Å². The smallest absolute Gasteiger partial charge is 0.416 e. The molecule has 0 fully saturated rings. The molecule has 6 aromatic rings. The third kappa shape index (κ3) is 7.96. The molecule has 5 aromatic carbocycles. The predicted octanol–water partition coefficient (Wildman–Crippen LogP) is 7.94. The summed E-state index contributed by atoms with van der Waals surface area (Å²) < 4.78 is 41.0. The van der Waals surface area contributed by atoms with Crippen LogP contribution in [0.25, 0.3) is 22.0 Å². The summed E-state index contributed by atoms with van der Waals surface area (Å²) in [4.78, 5) is 53.8. The highest BCUT2D eigenvalue weighted by Gasteiger charge is 2.30. The van der Waals surface area contributed by atoms with Gasteiger partial charge in [0.2, 0.25) is 5.91 Å². The Balaban J connectivity index is 1.21. The molecular weight excluding hydrogens is 685 g/mol. The molecule has 0 aliphatic rings. The maximum atomic E-state index is 13.8. The summed E-state index contributed by atoms with van der Waals surface area (Å²) in [5, 5.41) is 15.6. The van der Waals surface area contributed by atoms with Gasteiger partial charge in [-0.2, -0.15) is 13.2 Å². The van der Waals surface area contributed by atoms with Gasteiger partial charge in [-0.25, -0.2) is 4.79 Å². The Hall–Kier alpha value is -6.69. The second kappa shape index (κ2) is 14.9. The zero-order chi connectivity index (χ0) is 37.9. The van der Waals surface area contributed by atoms with Gasteiger partial charge in [0.05, 0.1) is 11.1 Å². The topological polar surface area (TPSA) is 121 Å². The normalized spacial score (nSPS) is 11.9. The van der Waals surface area contributed by atoms with Crippen molar-refractivity contribution >= 4 is 40.3 Å². The van der Waals surface area contributed by atoms with Crippen LogP contribution in [0, 0.1) is 0 Å². The van der Waals surface area contributed by atoms with Crippen LogP contribution in [0.4, 0.5) is 18.9 Å². The van der Waals surface area contributed by atoms with Gasteiger partial charge in [0.25, 0.3) is 11.8 Å². The van der Waals surface area contributed by atoms with Gasteiger partial charge in [0.15, 0.2) is 0 Å². The van der Waals surface area contributed by atoms with Gasteiger partial charge in [0.1, 0.15) is 11.7 Å². The van der Waals surface area contributed by atoms with E-state index in [9.17, 15) is 37.5 Å². The molecule has 0 saturated heterocycles. The van der Waals surface area contributed by atoms with Gasteiger partial charge >= 0.3 is 12.1 Å². The van der Waals surface area contributed by atoms with Crippen LogP contribution in [0.15, 0.2) is 127 Å². The van der Waals surface area contributed by atoms with Crippen LogP contribution in [0.2, 0.25) is 0 Å². The number of aromatic nitrogens is 1. The average molecular weight is 719 g/mol. The summed E-state index contributed by atoms with van der Waals surface area (Å²) in [6.45, 7) is 0.176. The lowest BCUT2D eigenvalue weighted by Crippen LogP contribution is -2.41. The Bertz CT molecular complexity index is 2320. The second-order valence-corrected chi connectivity index (χ2v) is 12.5. The molecule has 0 aliphatic heterocycles. The number of amides is 3. The van der Waals surface area contributed by atoms with E-state index in [2.05, 4.69) is 10.6 Å². The number of rotatable bonds is 10. The minimum Gasteiger partial charge on any atom is -0.478 e. The first kappa shape index (κ1) is 36.1. The van der Waals surface area contributed by atoms with Crippen LogP contribution >= 0.6 is 0 Å². The Morgan fingerprint density at radius 1 is 0.792 bits per heavy atom. The van der Waals surface area contributed by atoms with E-state index in [1.165, 1.54) is 29.2 Å². The standard InChI is InChI=1S/C41H33F3N4O5/c1-47(24-25-12-14-28(15-13-25)40(52)53)39(51)36(27-8-4-3-5-9-27)46-38(50)35-23-29-22-31(20-21-34(29)48(35)2)45-37(49)33-11-7-6-10-32(33)26-16-18-30(19-17-26)41(42,43)44/h3-23,36H,24H2,1-2H3,(H,45,49)(H,46,50)(H,52,53). The molecule has 1 aromatic heterocycles. The summed E-state index contributed by atoms with van der Waals surface area (Å²) in [5.74, 6) is -2.42. The van der Waals surface area contributed by atoms with E-state index in [1.807, 2.05) is 0 Å². The molecule has 0 spiro atoms. The number of alkyl halides is 3. The zero-order valence-electron chi connectivity index (χ0n) is 28.5. The monoisotopic (exact) mass is 718 g/mol. The Kier molecular flexibility index (Phi) is 10.1. The van der Waals surface area contributed by atoms with Crippen molar-refractivity contribution in [2.24, 2.45) is 7.05 Å². The number of fused-ring (bicyclic) bond motifs is 1. The third-order valence-corrected chi connectivity index (χ3v) is 8.88. The van der Waals surface area contributed by atoms with Crippen LogP contribution in [0.3, 0.4) is 0 Å². The van der Waals surface area contributed by atoms with Crippen molar-refractivity contribution in [3.8, 4) is 11.1 Å². The highest BCUT2D eigenvalue weighted by molar-refractivity contribution is 6.09. The van der Waals surface area contributed by atoms with Crippen LogP contribution in [-0.2, 0) is 24.6 Å². The lowest BCUT2D eigenvalue weighted by atomic mass is 9.98. The molecule has 0 aliphatic carbocycles. The molecular formula is C41H33F3N4O5. The van der Waals surface area contributed by atoms with E-state index < -0.39 is 35.6 Å². The Labute approximate surface area is 302 Å². The van der Waals surface area contributed by atoms with Crippen molar-refractivity contribution in [1.82, 2.24) is 14.8 Å². The summed E-state index contributed by atoms with van der Waals surface area (Å²) >= 11 is 0. The molecule has 1 unspecified atom stereocenters. The average Bonchev–Trinajstić information content (AvgIpc) is 3.48. The number of halogens is 3.